The molecule has 3 heteroatoms. The van der Waals surface area contributed by atoms with Crippen molar-refractivity contribution in [1.82, 2.24) is 0 Å². The van der Waals surface area contributed by atoms with Crippen LogP contribution >= 0.6 is 15.9 Å². The van der Waals surface area contributed by atoms with Gasteiger partial charge in [-0.2, -0.15) is 0 Å². The molecule has 0 heterocycles. The SMILES string of the molecule is CCCCCCCCCc1cc(C=O)c(O)c(CBr)c1. The number of carbonyl (C=O) groups excluding carboxylic acids is 1. The van der Waals surface area contributed by atoms with Crippen molar-refractivity contribution >= 4 is 22.2 Å². The van der Waals surface area contributed by atoms with Crippen molar-refractivity contribution < 1.29 is 9.90 Å². The Balaban J connectivity index is 2.42. The number of hydrogen-bond acceptors (Lipinski definition) is 2. The van der Waals surface area contributed by atoms with Gasteiger partial charge in [0, 0.05) is 10.9 Å². The lowest BCUT2D eigenvalue weighted by Gasteiger charge is -2.08. The second-order valence-electron chi connectivity index (χ2n) is 5.32. The Morgan fingerprint density at radius 1 is 1.10 bits per heavy atom. The Bertz CT molecular complexity index is 416. The van der Waals surface area contributed by atoms with E-state index < -0.39 is 0 Å². The largest absolute Gasteiger partial charge is 0.507 e. The van der Waals surface area contributed by atoms with E-state index in [1.807, 2.05) is 12.1 Å². The number of alkyl halides is 1. The predicted octanol–water partition coefficient (Wildman–Crippen LogP) is 5.39. The summed E-state index contributed by atoms with van der Waals surface area (Å²) in [5.74, 6) is 0.111. The Morgan fingerprint density at radius 3 is 2.35 bits per heavy atom. The third-order valence-electron chi connectivity index (χ3n) is 3.62. The first-order valence-electron chi connectivity index (χ1n) is 7.58. The first-order chi connectivity index (χ1) is 9.72. The first-order valence-corrected chi connectivity index (χ1v) is 8.71. The van der Waals surface area contributed by atoms with E-state index in [2.05, 4.69) is 22.9 Å². The van der Waals surface area contributed by atoms with E-state index in [9.17, 15) is 9.90 Å². The van der Waals surface area contributed by atoms with Crippen molar-refractivity contribution in [3.63, 3.8) is 0 Å². The quantitative estimate of drug-likeness (QED) is 0.352. The van der Waals surface area contributed by atoms with E-state index in [4.69, 9.17) is 0 Å². The Labute approximate surface area is 130 Å². The standard InChI is InChI=1S/C17H25BrO2/c1-2-3-4-5-6-7-8-9-14-10-15(12-18)17(20)16(11-14)13-19/h10-11,13,20H,2-9,12H2,1H3. The average molecular weight is 341 g/mol. The molecule has 20 heavy (non-hydrogen) atoms. The van der Waals surface area contributed by atoms with Crippen molar-refractivity contribution in [3.8, 4) is 5.75 Å². The van der Waals surface area contributed by atoms with Gasteiger partial charge in [-0.25, -0.2) is 0 Å². The molecule has 0 saturated heterocycles. The molecule has 0 spiro atoms. The Hall–Kier alpha value is -0.830. The maximum absolute atomic E-state index is 10.9. The Kier molecular flexibility index (Phi) is 8.59. The van der Waals surface area contributed by atoms with Crippen LogP contribution in [0, 0.1) is 0 Å². The fraction of sp³-hybridized carbons (Fsp3) is 0.588. The molecule has 1 aromatic rings. The highest BCUT2D eigenvalue weighted by Gasteiger charge is 2.08. The average Bonchev–Trinajstić information content (AvgIpc) is 2.47. The van der Waals surface area contributed by atoms with Crippen LogP contribution in [-0.2, 0) is 11.8 Å². The van der Waals surface area contributed by atoms with Crippen molar-refractivity contribution in [3.05, 3.63) is 28.8 Å². The summed E-state index contributed by atoms with van der Waals surface area (Å²) in [5.41, 5.74) is 2.35. The summed E-state index contributed by atoms with van der Waals surface area (Å²) in [6.07, 6.45) is 10.7. The van der Waals surface area contributed by atoms with Gasteiger partial charge in [-0.3, -0.25) is 4.79 Å². The maximum atomic E-state index is 10.9. The summed E-state index contributed by atoms with van der Waals surface area (Å²) >= 11 is 3.35. The third kappa shape index (κ3) is 5.66. The van der Waals surface area contributed by atoms with Gasteiger partial charge >= 0.3 is 0 Å². The van der Waals surface area contributed by atoms with Crippen molar-refractivity contribution in [2.75, 3.05) is 0 Å². The monoisotopic (exact) mass is 340 g/mol. The third-order valence-corrected chi connectivity index (χ3v) is 4.22. The second kappa shape index (κ2) is 9.98. The molecule has 0 atom stereocenters. The van der Waals surface area contributed by atoms with Crippen molar-refractivity contribution in [1.29, 1.82) is 0 Å². The molecule has 0 unspecified atom stereocenters. The van der Waals surface area contributed by atoms with Crippen LogP contribution < -0.4 is 0 Å². The summed E-state index contributed by atoms with van der Waals surface area (Å²) in [5, 5.41) is 10.4. The van der Waals surface area contributed by atoms with Crippen LogP contribution in [0.4, 0.5) is 0 Å². The lowest BCUT2D eigenvalue weighted by atomic mass is 10.00. The Morgan fingerprint density at radius 2 is 1.75 bits per heavy atom. The fourth-order valence-corrected chi connectivity index (χ4v) is 2.84. The number of unbranched alkanes of at least 4 members (excludes halogenated alkanes) is 6. The van der Waals surface area contributed by atoms with Crippen LogP contribution in [0.3, 0.4) is 0 Å². The van der Waals surface area contributed by atoms with Crippen LogP contribution in [0.2, 0.25) is 0 Å². The predicted molar refractivity (Wildman–Crippen MR) is 87.8 cm³/mol. The van der Waals surface area contributed by atoms with Gasteiger partial charge in [-0.05, 0) is 24.5 Å². The molecule has 1 aromatic carbocycles. The number of aryl methyl sites for hydroxylation is 1. The summed E-state index contributed by atoms with van der Waals surface area (Å²) in [7, 11) is 0. The second-order valence-corrected chi connectivity index (χ2v) is 5.88. The summed E-state index contributed by atoms with van der Waals surface area (Å²) < 4.78 is 0. The molecule has 1 rings (SSSR count). The zero-order valence-corrected chi connectivity index (χ0v) is 13.9. The van der Waals surface area contributed by atoms with Crippen molar-refractivity contribution in [2.24, 2.45) is 0 Å². The summed E-state index contributed by atoms with van der Waals surface area (Å²) in [6.45, 7) is 2.23. The van der Waals surface area contributed by atoms with Gasteiger partial charge in [0.15, 0.2) is 6.29 Å². The molecule has 0 bridgehead atoms. The molecule has 0 aliphatic heterocycles. The van der Waals surface area contributed by atoms with Gasteiger partial charge in [0.2, 0.25) is 0 Å². The number of aldehydes is 1. The number of rotatable bonds is 10. The zero-order chi connectivity index (χ0) is 14.8. The highest BCUT2D eigenvalue weighted by molar-refractivity contribution is 9.08. The minimum Gasteiger partial charge on any atom is -0.507 e. The number of benzene rings is 1. The molecular formula is C17H25BrO2. The molecule has 1 N–H and O–H groups in total. The molecule has 0 aliphatic carbocycles. The number of phenols is 1. The molecular weight excluding hydrogens is 316 g/mol. The smallest absolute Gasteiger partial charge is 0.153 e. The van der Waals surface area contributed by atoms with Gasteiger partial charge in [0.05, 0.1) is 5.56 Å². The molecule has 112 valence electrons. The maximum Gasteiger partial charge on any atom is 0.153 e. The fourth-order valence-electron chi connectivity index (χ4n) is 2.41. The van der Waals surface area contributed by atoms with E-state index in [0.29, 0.717) is 10.9 Å². The molecule has 0 saturated carbocycles. The van der Waals surface area contributed by atoms with E-state index in [-0.39, 0.29) is 5.75 Å². The summed E-state index contributed by atoms with van der Waals surface area (Å²) in [4.78, 5) is 10.9. The van der Waals surface area contributed by atoms with Crippen LogP contribution in [0.1, 0.15) is 73.4 Å². The van der Waals surface area contributed by atoms with E-state index in [0.717, 1.165) is 30.3 Å². The van der Waals surface area contributed by atoms with E-state index in [1.54, 1.807) is 0 Å². The summed E-state index contributed by atoms with van der Waals surface area (Å²) in [6, 6.07) is 3.81. The lowest BCUT2D eigenvalue weighted by Crippen LogP contribution is -1.94. The molecule has 0 aromatic heterocycles. The van der Waals surface area contributed by atoms with Crippen LogP contribution in [0.5, 0.6) is 5.75 Å². The number of aromatic hydroxyl groups is 1. The number of carbonyl (C=O) groups is 1. The van der Waals surface area contributed by atoms with Gasteiger partial charge < -0.3 is 5.11 Å². The highest BCUT2D eigenvalue weighted by Crippen LogP contribution is 2.26. The van der Waals surface area contributed by atoms with Gasteiger partial charge in [-0.1, -0.05) is 67.4 Å². The highest BCUT2D eigenvalue weighted by atomic mass is 79.9. The van der Waals surface area contributed by atoms with Gasteiger partial charge in [-0.15, -0.1) is 0 Å². The normalized spacial score (nSPS) is 10.7. The first kappa shape index (κ1) is 17.2. The number of halogens is 1. The van der Waals surface area contributed by atoms with Crippen molar-refractivity contribution in [2.45, 2.75) is 63.6 Å². The lowest BCUT2D eigenvalue weighted by molar-refractivity contribution is 0.112. The zero-order valence-electron chi connectivity index (χ0n) is 12.3. The molecule has 0 fully saturated rings. The van der Waals surface area contributed by atoms with E-state index in [1.165, 1.54) is 38.5 Å². The molecule has 0 amide bonds. The molecule has 2 nitrogen and oxygen atoms in total. The minimum atomic E-state index is 0.111. The van der Waals surface area contributed by atoms with E-state index >= 15 is 0 Å². The van der Waals surface area contributed by atoms with Crippen LogP contribution in [0.25, 0.3) is 0 Å². The van der Waals surface area contributed by atoms with Crippen LogP contribution in [-0.4, -0.2) is 11.4 Å². The molecule has 0 radical (unpaired) electrons. The number of phenolic OH excluding ortho intramolecular Hbond substituents is 1. The minimum absolute atomic E-state index is 0.111. The molecule has 0 aliphatic rings. The van der Waals surface area contributed by atoms with Gasteiger partial charge in [0.1, 0.15) is 5.75 Å². The van der Waals surface area contributed by atoms with Gasteiger partial charge in [0.25, 0.3) is 0 Å². The van der Waals surface area contributed by atoms with Crippen LogP contribution in [0.15, 0.2) is 12.1 Å². The number of hydrogen-bond donors (Lipinski definition) is 1. The topological polar surface area (TPSA) is 37.3 Å².